The van der Waals surface area contributed by atoms with Crippen LogP contribution >= 0.6 is 0 Å². The van der Waals surface area contributed by atoms with E-state index in [-0.39, 0.29) is 0 Å². The van der Waals surface area contributed by atoms with E-state index in [1.54, 1.807) is 0 Å². The molecule has 0 radical (unpaired) electrons. The summed E-state index contributed by atoms with van der Waals surface area (Å²) in [6.07, 6.45) is 4.20. The van der Waals surface area contributed by atoms with Crippen molar-refractivity contribution < 1.29 is 0 Å². The van der Waals surface area contributed by atoms with Gasteiger partial charge in [0.2, 0.25) is 0 Å². The minimum atomic E-state index is 0.592. The highest BCUT2D eigenvalue weighted by Gasteiger charge is 2.01. The summed E-state index contributed by atoms with van der Waals surface area (Å²) >= 11 is 0. The summed E-state index contributed by atoms with van der Waals surface area (Å²) in [6, 6.07) is 0.592. The van der Waals surface area contributed by atoms with Crippen LogP contribution in [0.1, 0.15) is 19.8 Å². The van der Waals surface area contributed by atoms with E-state index < -0.39 is 0 Å². The Labute approximate surface area is 70.3 Å². The van der Waals surface area contributed by atoms with E-state index in [0.717, 1.165) is 13.1 Å². The molecule has 66 valence electrons. The van der Waals surface area contributed by atoms with Crippen molar-refractivity contribution in [2.75, 3.05) is 20.8 Å². The maximum Gasteiger partial charge on any atom is 0.0477 e. The molecule has 0 fully saturated rings. The molecule has 0 aliphatic carbocycles. The first-order chi connectivity index (χ1) is 5.20. The Morgan fingerprint density at radius 3 is 2.55 bits per heavy atom. The molecule has 1 unspecified atom stereocenters. The Morgan fingerprint density at radius 1 is 1.55 bits per heavy atom. The molecule has 0 amide bonds. The van der Waals surface area contributed by atoms with Gasteiger partial charge in [0.25, 0.3) is 0 Å². The van der Waals surface area contributed by atoms with Crippen molar-refractivity contribution in [3.8, 4) is 0 Å². The van der Waals surface area contributed by atoms with Crippen LogP contribution in [-0.4, -0.2) is 31.7 Å². The van der Waals surface area contributed by atoms with Crippen LogP contribution < -0.4 is 5.32 Å². The van der Waals surface area contributed by atoms with Gasteiger partial charge in [-0.2, -0.15) is 0 Å². The second-order valence-electron chi connectivity index (χ2n) is 3.07. The lowest BCUT2D eigenvalue weighted by atomic mass is 10.1. The lowest BCUT2D eigenvalue weighted by molar-refractivity contribution is 0.334. The largest absolute Gasteiger partial charge is 0.301 e. The topological polar surface area (TPSA) is 15.3 Å². The average molecular weight is 156 g/mol. The number of hydrogen-bond acceptors (Lipinski definition) is 2. The summed E-state index contributed by atoms with van der Waals surface area (Å²) in [6.45, 7) is 6.86. The lowest BCUT2D eigenvalue weighted by Crippen LogP contribution is -2.35. The summed E-state index contributed by atoms with van der Waals surface area (Å²) in [5.41, 5.74) is 0. The van der Waals surface area contributed by atoms with E-state index in [4.69, 9.17) is 0 Å². The normalized spacial score (nSPS) is 13.5. The van der Waals surface area contributed by atoms with Crippen LogP contribution in [-0.2, 0) is 0 Å². The van der Waals surface area contributed by atoms with Crippen molar-refractivity contribution in [1.29, 1.82) is 0 Å². The lowest BCUT2D eigenvalue weighted by Gasteiger charge is -2.18. The van der Waals surface area contributed by atoms with Crippen molar-refractivity contribution in [2.45, 2.75) is 25.8 Å². The predicted octanol–water partition coefficient (Wildman–Crippen LogP) is 1.45. The van der Waals surface area contributed by atoms with Gasteiger partial charge in [0, 0.05) is 12.7 Å². The first kappa shape index (κ1) is 10.7. The Morgan fingerprint density at radius 2 is 2.18 bits per heavy atom. The van der Waals surface area contributed by atoms with Crippen molar-refractivity contribution in [3.05, 3.63) is 12.7 Å². The summed E-state index contributed by atoms with van der Waals surface area (Å²) in [5.74, 6) is 0. The van der Waals surface area contributed by atoms with Gasteiger partial charge in [-0.1, -0.05) is 13.0 Å². The van der Waals surface area contributed by atoms with Gasteiger partial charge in [-0.05, 0) is 26.9 Å². The van der Waals surface area contributed by atoms with Gasteiger partial charge < -0.3 is 5.32 Å². The molecule has 11 heavy (non-hydrogen) atoms. The third-order valence-corrected chi connectivity index (χ3v) is 1.64. The highest BCUT2D eigenvalue weighted by Crippen LogP contribution is 1.96. The first-order valence-corrected chi connectivity index (χ1v) is 4.19. The van der Waals surface area contributed by atoms with Gasteiger partial charge in [0.1, 0.15) is 0 Å². The fourth-order valence-corrected chi connectivity index (χ4v) is 0.907. The van der Waals surface area contributed by atoms with Crippen molar-refractivity contribution in [3.63, 3.8) is 0 Å². The maximum absolute atomic E-state index is 3.72. The van der Waals surface area contributed by atoms with Crippen LogP contribution in [0.15, 0.2) is 12.7 Å². The number of nitrogens with one attached hydrogen (secondary N) is 1. The SMILES string of the molecule is C=CCC(CC)NCN(C)C. The third-order valence-electron chi connectivity index (χ3n) is 1.64. The number of rotatable bonds is 6. The zero-order valence-corrected chi connectivity index (χ0v) is 7.93. The minimum absolute atomic E-state index is 0.592. The van der Waals surface area contributed by atoms with E-state index in [1.165, 1.54) is 6.42 Å². The van der Waals surface area contributed by atoms with Crippen LogP contribution in [0.25, 0.3) is 0 Å². The minimum Gasteiger partial charge on any atom is -0.301 e. The zero-order chi connectivity index (χ0) is 8.69. The molecule has 1 atom stereocenters. The van der Waals surface area contributed by atoms with E-state index >= 15 is 0 Å². The van der Waals surface area contributed by atoms with Crippen LogP contribution in [0.4, 0.5) is 0 Å². The highest BCUT2D eigenvalue weighted by atomic mass is 15.2. The molecule has 0 bridgehead atoms. The van der Waals surface area contributed by atoms with Crippen molar-refractivity contribution >= 4 is 0 Å². The second kappa shape index (κ2) is 6.38. The molecule has 0 aromatic heterocycles. The van der Waals surface area contributed by atoms with E-state index in [1.807, 2.05) is 6.08 Å². The van der Waals surface area contributed by atoms with Crippen LogP contribution in [0.3, 0.4) is 0 Å². The van der Waals surface area contributed by atoms with E-state index in [2.05, 4.69) is 37.8 Å². The highest BCUT2D eigenvalue weighted by molar-refractivity contribution is 4.76. The molecule has 1 N–H and O–H groups in total. The van der Waals surface area contributed by atoms with Gasteiger partial charge in [-0.25, -0.2) is 0 Å². The molecule has 0 saturated carbocycles. The van der Waals surface area contributed by atoms with Gasteiger partial charge in [-0.15, -0.1) is 6.58 Å². The smallest absolute Gasteiger partial charge is 0.0477 e. The average Bonchev–Trinajstić information content (AvgIpc) is 1.97. The molecule has 0 aliphatic rings. The molecule has 0 spiro atoms. The second-order valence-corrected chi connectivity index (χ2v) is 3.07. The fourth-order valence-electron chi connectivity index (χ4n) is 0.907. The molecule has 0 heterocycles. The third kappa shape index (κ3) is 6.07. The van der Waals surface area contributed by atoms with Crippen molar-refractivity contribution in [1.82, 2.24) is 10.2 Å². The predicted molar refractivity (Wildman–Crippen MR) is 50.6 cm³/mol. The molecule has 0 saturated heterocycles. The Hall–Kier alpha value is -0.340. The van der Waals surface area contributed by atoms with Gasteiger partial charge in [0.05, 0.1) is 0 Å². The maximum atomic E-state index is 3.72. The van der Waals surface area contributed by atoms with Gasteiger partial charge >= 0.3 is 0 Å². The van der Waals surface area contributed by atoms with Crippen LogP contribution in [0.5, 0.6) is 0 Å². The molecular formula is C9H20N2. The molecule has 0 rings (SSSR count). The summed E-state index contributed by atoms with van der Waals surface area (Å²) < 4.78 is 0. The standard InChI is InChI=1S/C9H20N2/c1-5-7-9(6-2)10-8-11(3)4/h5,9-10H,1,6-8H2,2-4H3. The molecule has 0 aromatic carbocycles. The summed E-state index contributed by atoms with van der Waals surface area (Å²) in [4.78, 5) is 2.13. The summed E-state index contributed by atoms with van der Waals surface area (Å²) in [5, 5.41) is 3.42. The summed E-state index contributed by atoms with van der Waals surface area (Å²) in [7, 11) is 4.13. The number of hydrogen-bond donors (Lipinski definition) is 1. The van der Waals surface area contributed by atoms with Gasteiger partial charge in [-0.3, -0.25) is 4.90 Å². The van der Waals surface area contributed by atoms with Crippen molar-refractivity contribution in [2.24, 2.45) is 0 Å². The fraction of sp³-hybridized carbons (Fsp3) is 0.778. The molecule has 2 heteroatoms. The van der Waals surface area contributed by atoms with Crippen LogP contribution in [0, 0.1) is 0 Å². The molecule has 0 aliphatic heterocycles. The molecule has 0 aromatic rings. The quantitative estimate of drug-likeness (QED) is 0.462. The van der Waals surface area contributed by atoms with Crippen LogP contribution in [0.2, 0.25) is 0 Å². The Bertz CT molecular complexity index is 99.7. The molecular weight excluding hydrogens is 136 g/mol. The number of nitrogens with zero attached hydrogens (tertiary/aromatic N) is 1. The zero-order valence-electron chi connectivity index (χ0n) is 7.93. The first-order valence-electron chi connectivity index (χ1n) is 4.19. The molecule has 2 nitrogen and oxygen atoms in total. The van der Waals surface area contributed by atoms with Gasteiger partial charge in [0.15, 0.2) is 0 Å². The van der Waals surface area contributed by atoms with E-state index in [0.29, 0.717) is 6.04 Å². The Kier molecular flexibility index (Phi) is 6.18. The Balaban J connectivity index is 3.43. The van der Waals surface area contributed by atoms with E-state index in [9.17, 15) is 0 Å². The monoisotopic (exact) mass is 156 g/mol.